The fourth-order valence-electron chi connectivity index (χ4n) is 3.90. The lowest BCUT2D eigenvalue weighted by atomic mass is 10.2. The molecule has 0 aliphatic heterocycles. The van der Waals surface area contributed by atoms with Gasteiger partial charge in [0.05, 0.1) is 10.5 Å². The molecule has 194 valence electrons. The van der Waals surface area contributed by atoms with Crippen molar-refractivity contribution in [3.05, 3.63) is 95.7 Å². The summed E-state index contributed by atoms with van der Waals surface area (Å²) in [5.41, 5.74) is 1.21. The molecule has 4 rings (SSSR count). The van der Waals surface area contributed by atoms with Crippen LogP contribution in [0.5, 0.6) is 0 Å². The smallest absolute Gasteiger partial charge is 0.351 e. The van der Waals surface area contributed by atoms with Crippen LogP contribution in [-0.4, -0.2) is 25.4 Å². The normalized spacial score (nSPS) is 12.2. The first-order valence-electron chi connectivity index (χ1n) is 11.6. The molecule has 3 aromatic carbocycles. The highest BCUT2D eigenvalue weighted by Crippen LogP contribution is 2.31. The monoisotopic (exact) mass is 529 g/mol. The Balaban J connectivity index is 1.70. The molecular weight excluding hydrogens is 503 g/mol. The third-order valence-electron chi connectivity index (χ3n) is 5.71. The zero-order valence-electron chi connectivity index (χ0n) is 20.2. The Morgan fingerprint density at radius 3 is 2.35 bits per heavy atom. The number of hydrogen-bond acceptors (Lipinski definition) is 3. The Bertz CT molecular complexity index is 1530. The van der Waals surface area contributed by atoms with Gasteiger partial charge in [0.1, 0.15) is 5.69 Å². The van der Waals surface area contributed by atoms with Crippen LogP contribution in [0, 0.1) is 5.92 Å². The van der Waals surface area contributed by atoms with E-state index in [1.54, 1.807) is 18.2 Å². The molecular formula is C27H26F3N3O3S. The average Bonchev–Trinajstić information content (AvgIpc) is 3.20. The maximum Gasteiger partial charge on any atom is 0.416 e. The number of sulfonamides is 1. The number of alkyl halides is 3. The number of anilines is 1. The van der Waals surface area contributed by atoms with Crippen molar-refractivity contribution in [3.63, 3.8) is 0 Å². The van der Waals surface area contributed by atoms with E-state index in [1.165, 1.54) is 6.07 Å². The largest absolute Gasteiger partial charge is 0.416 e. The van der Waals surface area contributed by atoms with Crippen molar-refractivity contribution in [1.82, 2.24) is 9.88 Å². The van der Waals surface area contributed by atoms with E-state index in [0.717, 1.165) is 23.8 Å². The van der Waals surface area contributed by atoms with E-state index < -0.39 is 26.7 Å². The number of carbonyl (C=O) groups excluding carboxylic acids is 1. The summed E-state index contributed by atoms with van der Waals surface area (Å²) in [7, 11) is -4.29. The number of nitrogens with zero attached hydrogens (tertiary/aromatic N) is 1. The van der Waals surface area contributed by atoms with Gasteiger partial charge in [-0.05, 0) is 53.9 Å². The van der Waals surface area contributed by atoms with E-state index in [9.17, 15) is 26.4 Å². The zero-order chi connectivity index (χ0) is 26.8. The van der Waals surface area contributed by atoms with Crippen molar-refractivity contribution in [2.45, 2.75) is 31.5 Å². The predicted octanol–water partition coefficient (Wildman–Crippen LogP) is 5.90. The molecule has 1 amide bonds. The van der Waals surface area contributed by atoms with Crippen LogP contribution in [0.4, 0.5) is 18.9 Å². The predicted molar refractivity (Wildman–Crippen MR) is 137 cm³/mol. The molecule has 6 nitrogen and oxygen atoms in total. The third-order valence-corrected chi connectivity index (χ3v) is 7.09. The second kappa shape index (κ2) is 10.3. The summed E-state index contributed by atoms with van der Waals surface area (Å²) in [6.45, 7) is 4.89. The minimum Gasteiger partial charge on any atom is -0.351 e. The van der Waals surface area contributed by atoms with Crippen molar-refractivity contribution in [2.75, 3.05) is 11.3 Å². The van der Waals surface area contributed by atoms with Gasteiger partial charge >= 0.3 is 6.18 Å². The average molecular weight is 530 g/mol. The Labute approximate surface area is 213 Å². The SMILES string of the molecule is CC(C)CNC(=O)c1cc2cc(NS(=O)(=O)c3cccc(C(F)(F)F)c3)ccc2n1Cc1ccccc1. The molecule has 0 fully saturated rings. The van der Waals surface area contributed by atoms with E-state index in [0.29, 0.717) is 35.8 Å². The highest BCUT2D eigenvalue weighted by Gasteiger charge is 2.31. The van der Waals surface area contributed by atoms with Crippen molar-refractivity contribution >= 4 is 32.5 Å². The molecule has 0 saturated heterocycles. The Kier molecular flexibility index (Phi) is 7.31. The lowest BCUT2D eigenvalue weighted by molar-refractivity contribution is -0.137. The van der Waals surface area contributed by atoms with Gasteiger partial charge in [0.2, 0.25) is 0 Å². The van der Waals surface area contributed by atoms with E-state index in [4.69, 9.17) is 0 Å². The first kappa shape index (κ1) is 26.3. The van der Waals surface area contributed by atoms with Gasteiger partial charge in [0, 0.05) is 29.7 Å². The number of halogens is 3. The van der Waals surface area contributed by atoms with Crippen LogP contribution in [0.25, 0.3) is 10.9 Å². The van der Waals surface area contributed by atoms with Gasteiger partial charge in [0.25, 0.3) is 15.9 Å². The fourth-order valence-corrected chi connectivity index (χ4v) is 4.99. The molecule has 0 unspecified atom stereocenters. The number of benzene rings is 3. The first-order chi connectivity index (χ1) is 17.4. The topological polar surface area (TPSA) is 80.2 Å². The number of rotatable bonds is 8. The molecule has 0 bridgehead atoms. The van der Waals surface area contributed by atoms with Gasteiger partial charge in [-0.1, -0.05) is 50.2 Å². The van der Waals surface area contributed by atoms with Gasteiger partial charge in [-0.25, -0.2) is 8.42 Å². The molecule has 0 spiro atoms. The Morgan fingerprint density at radius 2 is 1.68 bits per heavy atom. The summed E-state index contributed by atoms with van der Waals surface area (Å²) in [4.78, 5) is 12.5. The van der Waals surface area contributed by atoms with Crippen LogP contribution in [0.1, 0.15) is 35.5 Å². The lowest BCUT2D eigenvalue weighted by Gasteiger charge is -2.13. The molecule has 2 N–H and O–H groups in total. The molecule has 0 radical (unpaired) electrons. The highest BCUT2D eigenvalue weighted by atomic mass is 32.2. The second-order valence-electron chi connectivity index (χ2n) is 9.11. The molecule has 0 saturated carbocycles. The third kappa shape index (κ3) is 6.14. The first-order valence-corrected chi connectivity index (χ1v) is 13.1. The number of nitrogens with one attached hydrogen (secondary N) is 2. The van der Waals surface area contributed by atoms with Crippen molar-refractivity contribution in [2.24, 2.45) is 5.92 Å². The van der Waals surface area contributed by atoms with Crippen molar-refractivity contribution < 1.29 is 26.4 Å². The van der Waals surface area contributed by atoms with Gasteiger partial charge in [0.15, 0.2) is 0 Å². The molecule has 0 atom stereocenters. The van der Waals surface area contributed by atoms with Gasteiger partial charge in [-0.15, -0.1) is 0 Å². The van der Waals surface area contributed by atoms with Crippen molar-refractivity contribution in [1.29, 1.82) is 0 Å². The Hall–Kier alpha value is -3.79. The van der Waals surface area contributed by atoms with Crippen LogP contribution in [0.3, 0.4) is 0 Å². The number of hydrogen-bond donors (Lipinski definition) is 2. The van der Waals surface area contributed by atoms with Crippen molar-refractivity contribution in [3.8, 4) is 0 Å². The summed E-state index contributed by atoms with van der Waals surface area (Å²) < 4.78 is 69.1. The van der Waals surface area contributed by atoms with E-state index in [2.05, 4.69) is 10.0 Å². The van der Waals surface area contributed by atoms with Crippen LogP contribution >= 0.6 is 0 Å². The molecule has 10 heteroatoms. The zero-order valence-corrected chi connectivity index (χ0v) is 21.0. The quantitative estimate of drug-likeness (QED) is 0.299. The minimum absolute atomic E-state index is 0.163. The maximum absolute atomic E-state index is 13.1. The van der Waals surface area contributed by atoms with Crippen LogP contribution in [0.2, 0.25) is 0 Å². The fraction of sp³-hybridized carbons (Fsp3) is 0.222. The molecule has 0 aliphatic rings. The second-order valence-corrected chi connectivity index (χ2v) is 10.8. The lowest BCUT2D eigenvalue weighted by Crippen LogP contribution is -2.29. The molecule has 0 aliphatic carbocycles. The van der Waals surface area contributed by atoms with E-state index in [-0.39, 0.29) is 17.5 Å². The summed E-state index contributed by atoms with van der Waals surface area (Å²) >= 11 is 0. The van der Waals surface area contributed by atoms with E-state index >= 15 is 0 Å². The summed E-state index contributed by atoms with van der Waals surface area (Å²) in [6, 6.07) is 19.6. The molecule has 1 heterocycles. The van der Waals surface area contributed by atoms with Crippen LogP contribution in [-0.2, 0) is 22.7 Å². The maximum atomic E-state index is 13.1. The van der Waals surface area contributed by atoms with Gasteiger partial charge in [-0.3, -0.25) is 9.52 Å². The highest BCUT2D eigenvalue weighted by molar-refractivity contribution is 7.92. The van der Waals surface area contributed by atoms with Gasteiger partial charge < -0.3 is 9.88 Å². The Morgan fingerprint density at radius 1 is 0.946 bits per heavy atom. The molecule has 37 heavy (non-hydrogen) atoms. The summed E-state index contributed by atoms with van der Waals surface area (Å²) in [5, 5.41) is 3.52. The summed E-state index contributed by atoms with van der Waals surface area (Å²) in [6.07, 6.45) is -4.67. The standard InChI is InChI=1S/C27H26F3N3O3S/c1-18(2)16-31-26(34)25-14-20-13-22(11-12-24(20)33(25)17-19-7-4-3-5-8-19)32-37(35,36)23-10-6-9-21(15-23)27(28,29)30/h3-15,18,32H,16-17H2,1-2H3,(H,31,34). The number of amides is 1. The molecule has 1 aromatic heterocycles. The number of aromatic nitrogens is 1. The minimum atomic E-state index is -4.67. The van der Waals surface area contributed by atoms with Crippen LogP contribution in [0.15, 0.2) is 83.8 Å². The van der Waals surface area contributed by atoms with Gasteiger partial charge in [-0.2, -0.15) is 13.2 Å². The number of carbonyl (C=O) groups is 1. The molecule has 4 aromatic rings. The van der Waals surface area contributed by atoms with E-state index in [1.807, 2.05) is 48.7 Å². The summed E-state index contributed by atoms with van der Waals surface area (Å²) in [5.74, 6) is -0.000290. The number of fused-ring (bicyclic) bond motifs is 1. The van der Waals surface area contributed by atoms with Crippen LogP contribution < -0.4 is 10.0 Å².